The number of carbonyl (C=O) groups is 4. The van der Waals surface area contributed by atoms with Gasteiger partial charge in [0.05, 0.1) is 19.8 Å². The molecule has 0 radical (unpaired) electrons. The lowest BCUT2D eigenvalue weighted by Gasteiger charge is -2.30. The number of aliphatic hydroxyl groups excluding tert-OH is 1. The molecule has 13 nitrogen and oxygen atoms in total. The molecule has 2 aromatic carbocycles. The van der Waals surface area contributed by atoms with Crippen LogP contribution in [-0.2, 0) is 41.7 Å². The van der Waals surface area contributed by atoms with Crippen LogP contribution in [0, 0.1) is 12.3 Å². The number of aryl methyl sites for hydroxylation is 1. The summed E-state index contributed by atoms with van der Waals surface area (Å²) in [4.78, 5) is 55.1. The van der Waals surface area contributed by atoms with Gasteiger partial charge in [0, 0.05) is 0 Å². The molecule has 0 saturated carbocycles. The lowest BCUT2D eigenvalue weighted by atomic mass is 9.93. The molecule has 13 heteroatoms. The fourth-order valence-corrected chi connectivity index (χ4v) is 3.75. The zero-order chi connectivity index (χ0) is 37.0. The monoisotopic (exact) mass is 685 g/mol. The summed E-state index contributed by atoms with van der Waals surface area (Å²) >= 11 is 0. The number of hydrogen-bond donors (Lipinski definition) is 3. The maximum Gasteiger partial charge on any atom is 0.414 e. The highest BCUT2D eigenvalue weighted by atomic mass is 16.6. The number of amides is 2. The van der Waals surface area contributed by atoms with Crippen LogP contribution in [0.5, 0.6) is 5.75 Å². The van der Waals surface area contributed by atoms with E-state index < -0.39 is 59.6 Å². The minimum absolute atomic E-state index is 0.0155. The second-order valence-electron chi connectivity index (χ2n) is 14.1. The van der Waals surface area contributed by atoms with Crippen LogP contribution in [0.2, 0.25) is 0 Å². The molecule has 0 aliphatic rings. The van der Waals surface area contributed by atoms with Crippen LogP contribution in [0.4, 0.5) is 9.59 Å². The number of guanidine groups is 1. The van der Waals surface area contributed by atoms with Crippen LogP contribution in [0.3, 0.4) is 0 Å². The molecule has 2 atom stereocenters. The van der Waals surface area contributed by atoms with E-state index in [9.17, 15) is 24.3 Å². The number of aliphatic imine (C=N–C) groups is 1. The normalized spacial score (nSPS) is 13.9. The molecule has 2 aromatic rings. The lowest BCUT2D eigenvalue weighted by molar-refractivity contribution is -0.179. The van der Waals surface area contributed by atoms with Gasteiger partial charge in [-0.3, -0.25) is 15.4 Å². The van der Waals surface area contributed by atoms with E-state index in [0.717, 1.165) is 11.1 Å². The molecule has 2 rings (SSSR count). The van der Waals surface area contributed by atoms with E-state index in [0.29, 0.717) is 12.0 Å². The Morgan fingerprint density at radius 3 is 1.73 bits per heavy atom. The summed E-state index contributed by atoms with van der Waals surface area (Å²) in [6.07, 6.45) is -1.32. The Balaban J connectivity index is 2.05. The number of esters is 2. The zero-order valence-corrected chi connectivity index (χ0v) is 30.2. The number of aliphatic hydroxyl groups is 1. The van der Waals surface area contributed by atoms with Crippen molar-refractivity contribution in [2.24, 2.45) is 10.4 Å². The fraction of sp³-hybridized carbons (Fsp3) is 0.528. The molecule has 0 heterocycles. The first kappa shape index (κ1) is 40.7. The Bertz CT molecular complexity index is 1430. The van der Waals surface area contributed by atoms with Crippen molar-refractivity contribution in [2.45, 2.75) is 106 Å². The minimum Gasteiger partial charge on any atom is -0.462 e. The van der Waals surface area contributed by atoms with Gasteiger partial charge < -0.3 is 28.8 Å². The number of ether oxygens (including phenoxy) is 5. The Morgan fingerprint density at radius 2 is 1.27 bits per heavy atom. The number of nitrogens with zero attached hydrogens (tertiary/aromatic N) is 1. The van der Waals surface area contributed by atoms with Crippen LogP contribution >= 0.6 is 0 Å². The number of hydrogen-bond acceptors (Lipinski definition) is 11. The van der Waals surface area contributed by atoms with E-state index in [-0.39, 0.29) is 24.9 Å². The highest BCUT2D eigenvalue weighted by Gasteiger charge is 2.40. The van der Waals surface area contributed by atoms with E-state index in [4.69, 9.17) is 23.7 Å². The third kappa shape index (κ3) is 14.3. The van der Waals surface area contributed by atoms with Crippen molar-refractivity contribution in [3.63, 3.8) is 0 Å². The SMILES string of the molecule is CCC(C)(OCc1ccc(C)cc1)C(=O)OCC(C)(CO)C(=O)Oc1ccc(CN=C(NC(=O)OC(C)(C)C)NC(=O)OC(C)(C)C)cc1. The summed E-state index contributed by atoms with van der Waals surface area (Å²) in [7, 11) is 0. The van der Waals surface area contributed by atoms with Crippen molar-refractivity contribution in [3.05, 3.63) is 65.2 Å². The van der Waals surface area contributed by atoms with Gasteiger partial charge >= 0.3 is 24.1 Å². The van der Waals surface area contributed by atoms with E-state index in [1.165, 1.54) is 19.1 Å². The fourth-order valence-electron chi connectivity index (χ4n) is 3.75. The number of alkyl carbamates (subject to hydrolysis) is 2. The molecule has 2 unspecified atom stereocenters. The zero-order valence-electron chi connectivity index (χ0n) is 30.2. The summed E-state index contributed by atoms with van der Waals surface area (Å²) in [5, 5.41) is 14.9. The van der Waals surface area contributed by atoms with Gasteiger partial charge in [-0.25, -0.2) is 19.4 Å². The van der Waals surface area contributed by atoms with Crippen LogP contribution in [-0.4, -0.2) is 65.2 Å². The third-order valence-corrected chi connectivity index (χ3v) is 6.94. The van der Waals surface area contributed by atoms with E-state index in [1.54, 1.807) is 67.5 Å². The maximum absolute atomic E-state index is 13.1. The first-order valence-corrected chi connectivity index (χ1v) is 16.0. The van der Waals surface area contributed by atoms with Gasteiger partial charge in [-0.1, -0.05) is 48.9 Å². The van der Waals surface area contributed by atoms with Crippen LogP contribution < -0.4 is 15.4 Å². The Hall–Kier alpha value is -4.49. The van der Waals surface area contributed by atoms with Crippen molar-refractivity contribution >= 4 is 30.1 Å². The minimum atomic E-state index is -1.56. The van der Waals surface area contributed by atoms with Crippen molar-refractivity contribution in [3.8, 4) is 5.75 Å². The van der Waals surface area contributed by atoms with Crippen molar-refractivity contribution < 1.29 is 48.0 Å². The Labute approximate surface area is 288 Å². The van der Waals surface area contributed by atoms with Gasteiger partial charge in [-0.15, -0.1) is 0 Å². The van der Waals surface area contributed by atoms with E-state index >= 15 is 0 Å². The van der Waals surface area contributed by atoms with Crippen LogP contribution in [0.25, 0.3) is 0 Å². The van der Waals surface area contributed by atoms with E-state index in [1.807, 2.05) is 31.2 Å². The van der Waals surface area contributed by atoms with Crippen molar-refractivity contribution in [2.75, 3.05) is 13.2 Å². The molecule has 270 valence electrons. The summed E-state index contributed by atoms with van der Waals surface area (Å²) in [5.41, 5.74) is -1.75. The van der Waals surface area contributed by atoms with Gasteiger partial charge in [-0.05, 0) is 92.0 Å². The molecule has 0 aliphatic carbocycles. The standard InChI is InChI=1S/C36H51N3O10/c1-11-36(10,46-21-26-14-12-24(2)13-15-26)29(42)45-23-35(9,22-40)28(41)47-27-18-16-25(17-19-27)20-37-30(38-31(43)48-33(3,4)5)39-32(44)49-34(6,7)8/h12-19,40H,11,20-23H2,1-10H3,(H2,37,38,39,43,44). The molecule has 0 aromatic heterocycles. The first-order valence-electron chi connectivity index (χ1n) is 16.0. The quantitative estimate of drug-likeness (QED) is 0.0824. The van der Waals surface area contributed by atoms with Gasteiger partial charge in [0.15, 0.2) is 5.60 Å². The number of benzene rings is 2. The molecular weight excluding hydrogens is 634 g/mol. The maximum atomic E-state index is 13.1. The topological polar surface area (TPSA) is 171 Å². The van der Waals surface area contributed by atoms with Gasteiger partial charge in [0.1, 0.15) is 29.0 Å². The molecule has 0 spiro atoms. The van der Waals surface area contributed by atoms with Crippen LogP contribution in [0.1, 0.15) is 85.4 Å². The molecule has 0 bridgehead atoms. The molecule has 49 heavy (non-hydrogen) atoms. The number of nitrogens with one attached hydrogen (secondary N) is 2. The molecule has 0 saturated heterocycles. The Morgan fingerprint density at radius 1 is 0.755 bits per heavy atom. The van der Waals surface area contributed by atoms with Gasteiger partial charge in [0.25, 0.3) is 0 Å². The average molecular weight is 686 g/mol. The van der Waals surface area contributed by atoms with Gasteiger partial charge in [0.2, 0.25) is 5.96 Å². The first-order chi connectivity index (χ1) is 22.7. The predicted octanol–water partition coefficient (Wildman–Crippen LogP) is 5.73. The molecule has 0 aliphatic heterocycles. The average Bonchev–Trinajstić information content (AvgIpc) is 3.00. The summed E-state index contributed by atoms with van der Waals surface area (Å²) in [6, 6.07) is 14.0. The van der Waals surface area contributed by atoms with Crippen molar-refractivity contribution in [1.29, 1.82) is 0 Å². The largest absolute Gasteiger partial charge is 0.462 e. The summed E-state index contributed by atoms with van der Waals surface area (Å²) in [6.45, 7) is 16.1. The third-order valence-electron chi connectivity index (χ3n) is 6.94. The molecule has 2 amide bonds. The van der Waals surface area contributed by atoms with Crippen molar-refractivity contribution in [1.82, 2.24) is 10.6 Å². The smallest absolute Gasteiger partial charge is 0.414 e. The second kappa shape index (κ2) is 17.3. The summed E-state index contributed by atoms with van der Waals surface area (Å²) < 4.78 is 27.4. The second-order valence-corrected chi connectivity index (χ2v) is 14.1. The lowest BCUT2D eigenvalue weighted by Crippen LogP contribution is -2.47. The van der Waals surface area contributed by atoms with E-state index in [2.05, 4.69) is 15.6 Å². The van der Waals surface area contributed by atoms with Crippen LogP contribution in [0.15, 0.2) is 53.5 Å². The number of rotatable bonds is 12. The molecular formula is C36H51N3O10. The molecule has 3 N–H and O–H groups in total. The molecule has 0 fully saturated rings. The Kier molecular flexibility index (Phi) is 14.3. The highest BCUT2D eigenvalue weighted by Crippen LogP contribution is 2.25. The van der Waals surface area contributed by atoms with Gasteiger partial charge in [-0.2, -0.15) is 0 Å². The number of carbonyl (C=O) groups excluding carboxylic acids is 4. The predicted molar refractivity (Wildman–Crippen MR) is 183 cm³/mol. The summed E-state index contributed by atoms with van der Waals surface area (Å²) in [5.74, 6) is -1.49. The highest BCUT2D eigenvalue weighted by molar-refractivity contribution is 6.01.